The van der Waals surface area contributed by atoms with Crippen LogP contribution in [0.4, 0.5) is 0 Å². The summed E-state index contributed by atoms with van der Waals surface area (Å²) in [6.45, 7) is 5.13. The van der Waals surface area contributed by atoms with Crippen molar-refractivity contribution >= 4 is 11.7 Å². The van der Waals surface area contributed by atoms with Gasteiger partial charge in [-0.2, -0.15) is 0 Å². The van der Waals surface area contributed by atoms with Gasteiger partial charge in [-0.25, -0.2) is 0 Å². The van der Waals surface area contributed by atoms with Crippen LogP contribution in [0.15, 0.2) is 61.2 Å². The lowest BCUT2D eigenvalue weighted by atomic mass is 9.88. The lowest BCUT2D eigenvalue weighted by molar-refractivity contribution is 0.0650. The first kappa shape index (κ1) is 19.7. The summed E-state index contributed by atoms with van der Waals surface area (Å²) < 4.78 is 10.9. The molecule has 0 unspecified atom stereocenters. The van der Waals surface area contributed by atoms with Gasteiger partial charge in [0.2, 0.25) is 0 Å². The van der Waals surface area contributed by atoms with Gasteiger partial charge < -0.3 is 14.4 Å². The van der Waals surface area contributed by atoms with Gasteiger partial charge >= 0.3 is 0 Å². The molecule has 0 bridgehead atoms. The van der Waals surface area contributed by atoms with Crippen molar-refractivity contribution in [3.8, 4) is 11.5 Å². The van der Waals surface area contributed by atoms with Crippen molar-refractivity contribution in [3.63, 3.8) is 0 Å². The van der Waals surface area contributed by atoms with Gasteiger partial charge in [-0.1, -0.05) is 43.0 Å². The smallest absolute Gasteiger partial charge is 0.253 e. The van der Waals surface area contributed by atoms with Crippen LogP contribution in [0.5, 0.6) is 11.5 Å². The molecule has 0 aliphatic carbocycles. The predicted octanol–water partition coefficient (Wildman–Crippen LogP) is 4.00. The fourth-order valence-electron chi connectivity index (χ4n) is 3.43. The van der Waals surface area contributed by atoms with Crippen molar-refractivity contribution in [2.45, 2.75) is 12.8 Å². The van der Waals surface area contributed by atoms with E-state index in [1.165, 1.54) is 0 Å². The Balaban J connectivity index is 1.63. The van der Waals surface area contributed by atoms with E-state index < -0.39 is 0 Å². The number of carbonyl (C=O) groups excluding carboxylic acids is 2. The number of hydrogen-bond donors (Lipinski definition) is 0. The molecule has 1 saturated heterocycles. The molecule has 1 heterocycles. The van der Waals surface area contributed by atoms with Gasteiger partial charge in [0.05, 0.1) is 7.11 Å². The van der Waals surface area contributed by atoms with Crippen molar-refractivity contribution in [1.29, 1.82) is 0 Å². The molecule has 5 nitrogen and oxygen atoms in total. The van der Waals surface area contributed by atoms with E-state index in [1.807, 2.05) is 30.3 Å². The molecule has 0 aromatic heterocycles. The fraction of sp³-hybridized carbons (Fsp3) is 0.304. The summed E-state index contributed by atoms with van der Waals surface area (Å²) in [6.07, 6.45) is 3.01. The highest BCUT2D eigenvalue weighted by molar-refractivity contribution is 5.98. The molecule has 28 heavy (non-hydrogen) atoms. The molecule has 0 saturated carbocycles. The number of carbonyl (C=O) groups is 2. The molecule has 1 amide bonds. The zero-order valence-corrected chi connectivity index (χ0v) is 16.1. The van der Waals surface area contributed by atoms with E-state index >= 15 is 0 Å². The fourth-order valence-corrected chi connectivity index (χ4v) is 3.43. The van der Waals surface area contributed by atoms with Gasteiger partial charge in [-0.3, -0.25) is 9.59 Å². The predicted molar refractivity (Wildman–Crippen MR) is 108 cm³/mol. The first-order valence-electron chi connectivity index (χ1n) is 9.44. The standard InChI is InChI=1S/C23H25NO4/c1-3-15-28-20-10-9-19(16-21(20)27-2)23(26)24-13-11-18(12-14-24)22(25)17-7-5-4-6-8-17/h3-10,16,18H,1,11-15H2,2H3. The number of Topliss-reactive ketones (excluding diaryl/α,β-unsaturated/α-hetero) is 1. The number of ketones is 1. The second-order valence-electron chi connectivity index (χ2n) is 6.76. The number of nitrogens with zero attached hydrogens (tertiary/aromatic N) is 1. The molecule has 2 aromatic rings. The number of ether oxygens (including phenoxy) is 2. The van der Waals surface area contributed by atoms with E-state index in [-0.39, 0.29) is 17.6 Å². The van der Waals surface area contributed by atoms with Crippen molar-refractivity contribution < 1.29 is 19.1 Å². The molecule has 2 aromatic carbocycles. The number of amides is 1. The Labute approximate surface area is 165 Å². The van der Waals surface area contributed by atoms with Crippen LogP contribution < -0.4 is 9.47 Å². The lowest BCUT2D eigenvalue weighted by Gasteiger charge is -2.31. The van der Waals surface area contributed by atoms with Crippen LogP contribution in [0.25, 0.3) is 0 Å². The average Bonchev–Trinajstić information content (AvgIpc) is 2.77. The van der Waals surface area contributed by atoms with Crippen LogP contribution in [0.1, 0.15) is 33.6 Å². The number of benzene rings is 2. The number of likely N-dealkylation sites (tertiary alicyclic amines) is 1. The largest absolute Gasteiger partial charge is 0.493 e. The summed E-state index contributed by atoms with van der Waals surface area (Å²) >= 11 is 0. The monoisotopic (exact) mass is 379 g/mol. The molecule has 3 rings (SSSR count). The zero-order chi connectivity index (χ0) is 19.9. The van der Waals surface area contributed by atoms with Gasteiger partial charge in [-0.05, 0) is 31.0 Å². The van der Waals surface area contributed by atoms with E-state index in [9.17, 15) is 9.59 Å². The highest BCUT2D eigenvalue weighted by Crippen LogP contribution is 2.29. The summed E-state index contributed by atoms with van der Waals surface area (Å²) in [7, 11) is 1.55. The molecule has 146 valence electrons. The van der Waals surface area contributed by atoms with Crippen LogP contribution in [0.3, 0.4) is 0 Å². The number of methoxy groups -OCH3 is 1. The molecule has 5 heteroatoms. The number of hydrogen-bond acceptors (Lipinski definition) is 4. The van der Waals surface area contributed by atoms with Crippen LogP contribution in [-0.2, 0) is 0 Å². The van der Waals surface area contributed by atoms with Crippen molar-refractivity contribution in [3.05, 3.63) is 72.3 Å². The molecule has 1 aliphatic heterocycles. The number of rotatable bonds is 7. The van der Waals surface area contributed by atoms with E-state index in [0.717, 1.165) is 5.56 Å². The van der Waals surface area contributed by atoms with Crippen molar-refractivity contribution in [2.24, 2.45) is 5.92 Å². The molecular formula is C23H25NO4. The molecule has 1 fully saturated rings. The van der Waals surface area contributed by atoms with E-state index in [4.69, 9.17) is 9.47 Å². The molecular weight excluding hydrogens is 354 g/mol. The highest BCUT2D eigenvalue weighted by atomic mass is 16.5. The second kappa shape index (κ2) is 9.22. The van der Waals surface area contributed by atoms with Crippen LogP contribution in [-0.4, -0.2) is 43.4 Å². The van der Waals surface area contributed by atoms with E-state index in [0.29, 0.717) is 49.6 Å². The molecule has 0 N–H and O–H groups in total. The Bertz CT molecular complexity index is 839. The summed E-state index contributed by atoms with van der Waals surface area (Å²) in [5.41, 5.74) is 1.29. The topological polar surface area (TPSA) is 55.8 Å². The summed E-state index contributed by atoms with van der Waals surface area (Å²) in [6, 6.07) is 14.5. The molecule has 0 atom stereocenters. The van der Waals surface area contributed by atoms with Crippen LogP contribution >= 0.6 is 0 Å². The van der Waals surface area contributed by atoms with Gasteiger partial charge in [0.25, 0.3) is 5.91 Å². The third-order valence-corrected chi connectivity index (χ3v) is 4.98. The summed E-state index contributed by atoms with van der Waals surface area (Å²) in [5.74, 6) is 1.17. The quantitative estimate of drug-likeness (QED) is 0.539. The highest BCUT2D eigenvalue weighted by Gasteiger charge is 2.28. The van der Waals surface area contributed by atoms with E-state index in [2.05, 4.69) is 6.58 Å². The minimum Gasteiger partial charge on any atom is -0.493 e. The lowest BCUT2D eigenvalue weighted by Crippen LogP contribution is -2.40. The van der Waals surface area contributed by atoms with Crippen LogP contribution in [0, 0.1) is 5.92 Å². The van der Waals surface area contributed by atoms with Crippen molar-refractivity contribution in [1.82, 2.24) is 4.90 Å². The van der Waals surface area contributed by atoms with E-state index in [1.54, 1.807) is 36.3 Å². The normalized spacial score (nSPS) is 14.4. The molecule has 0 radical (unpaired) electrons. The summed E-state index contributed by atoms with van der Waals surface area (Å²) in [4.78, 5) is 27.3. The first-order chi connectivity index (χ1) is 13.6. The molecule has 1 aliphatic rings. The third kappa shape index (κ3) is 4.42. The van der Waals surface area contributed by atoms with Gasteiger partial charge in [0, 0.05) is 30.1 Å². The van der Waals surface area contributed by atoms with Gasteiger partial charge in [0.15, 0.2) is 17.3 Å². The average molecular weight is 379 g/mol. The van der Waals surface area contributed by atoms with Crippen molar-refractivity contribution in [2.75, 3.05) is 26.8 Å². The maximum absolute atomic E-state index is 12.9. The Hall–Kier alpha value is -3.08. The Kier molecular flexibility index (Phi) is 6.48. The minimum absolute atomic E-state index is 0.0318. The third-order valence-electron chi connectivity index (χ3n) is 4.98. The van der Waals surface area contributed by atoms with Gasteiger partial charge in [0.1, 0.15) is 6.61 Å². The zero-order valence-electron chi connectivity index (χ0n) is 16.1. The second-order valence-corrected chi connectivity index (χ2v) is 6.76. The maximum Gasteiger partial charge on any atom is 0.253 e. The Morgan fingerprint density at radius 1 is 1.07 bits per heavy atom. The minimum atomic E-state index is -0.0563. The summed E-state index contributed by atoms with van der Waals surface area (Å²) in [5, 5.41) is 0. The molecule has 0 spiro atoms. The Morgan fingerprint density at radius 2 is 1.79 bits per heavy atom. The SMILES string of the molecule is C=CCOc1ccc(C(=O)N2CCC(C(=O)c3ccccc3)CC2)cc1OC. The number of piperidine rings is 1. The van der Waals surface area contributed by atoms with Gasteiger partial charge in [-0.15, -0.1) is 0 Å². The Morgan fingerprint density at radius 3 is 2.43 bits per heavy atom. The van der Waals surface area contributed by atoms with Crippen LogP contribution in [0.2, 0.25) is 0 Å². The first-order valence-corrected chi connectivity index (χ1v) is 9.44. The maximum atomic E-state index is 12.9.